The van der Waals surface area contributed by atoms with Crippen molar-refractivity contribution in [2.75, 3.05) is 23.8 Å². The standard InChI is InChI=1S/C20H20N4O5/c1-13(23-24-20(27)19(26)22-14-5-3-2-4-6-14)11-18(25)21-15-7-8-16-17(12-15)29-10-9-28-16/h2-8,12H,9-11H2,1H3,(H,21,25)(H,22,26)(H,24,27). The molecule has 0 bridgehead atoms. The third kappa shape index (κ3) is 5.80. The summed E-state index contributed by atoms with van der Waals surface area (Å²) in [7, 11) is 0. The fourth-order valence-electron chi connectivity index (χ4n) is 2.50. The van der Waals surface area contributed by atoms with Gasteiger partial charge in [-0.05, 0) is 31.2 Å². The molecule has 0 saturated heterocycles. The van der Waals surface area contributed by atoms with Crippen molar-refractivity contribution in [1.29, 1.82) is 0 Å². The van der Waals surface area contributed by atoms with E-state index in [2.05, 4.69) is 21.2 Å². The summed E-state index contributed by atoms with van der Waals surface area (Å²) < 4.78 is 10.9. The Kier molecular flexibility index (Phi) is 6.41. The molecule has 9 heteroatoms. The number of para-hydroxylation sites is 1. The van der Waals surface area contributed by atoms with Crippen molar-refractivity contribution >= 4 is 34.8 Å². The van der Waals surface area contributed by atoms with Gasteiger partial charge in [0.05, 0.1) is 6.42 Å². The number of hydrazone groups is 1. The van der Waals surface area contributed by atoms with Gasteiger partial charge >= 0.3 is 11.8 Å². The number of rotatable bonds is 5. The lowest BCUT2D eigenvalue weighted by Gasteiger charge is -2.19. The maximum atomic E-state index is 12.2. The smallest absolute Gasteiger partial charge is 0.329 e. The number of amides is 3. The van der Waals surface area contributed by atoms with Gasteiger partial charge in [-0.2, -0.15) is 5.10 Å². The molecule has 0 aromatic heterocycles. The maximum absolute atomic E-state index is 12.2. The van der Waals surface area contributed by atoms with Crippen molar-refractivity contribution in [1.82, 2.24) is 5.43 Å². The van der Waals surface area contributed by atoms with E-state index < -0.39 is 11.8 Å². The molecule has 0 spiro atoms. The van der Waals surface area contributed by atoms with Gasteiger partial charge in [-0.25, -0.2) is 5.43 Å². The molecule has 0 unspecified atom stereocenters. The van der Waals surface area contributed by atoms with Crippen LogP contribution < -0.4 is 25.5 Å². The van der Waals surface area contributed by atoms with E-state index in [0.29, 0.717) is 41.8 Å². The molecule has 29 heavy (non-hydrogen) atoms. The molecule has 9 nitrogen and oxygen atoms in total. The Morgan fingerprint density at radius 3 is 2.38 bits per heavy atom. The molecule has 0 atom stereocenters. The highest BCUT2D eigenvalue weighted by atomic mass is 16.6. The number of nitrogens with one attached hydrogen (secondary N) is 3. The zero-order chi connectivity index (χ0) is 20.6. The monoisotopic (exact) mass is 396 g/mol. The molecule has 3 N–H and O–H groups in total. The molecule has 1 heterocycles. The summed E-state index contributed by atoms with van der Waals surface area (Å²) in [6.07, 6.45) is -0.0605. The van der Waals surface area contributed by atoms with E-state index in [-0.39, 0.29) is 12.3 Å². The summed E-state index contributed by atoms with van der Waals surface area (Å²) >= 11 is 0. The van der Waals surface area contributed by atoms with Crippen LogP contribution in [-0.2, 0) is 14.4 Å². The first-order chi connectivity index (χ1) is 14.0. The third-order valence-corrected chi connectivity index (χ3v) is 3.83. The summed E-state index contributed by atoms with van der Waals surface area (Å²) in [4.78, 5) is 35.8. The first kappa shape index (κ1) is 19.9. The van der Waals surface area contributed by atoms with E-state index in [4.69, 9.17) is 9.47 Å². The van der Waals surface area contributed by atoms with Gasteiger partial charge in [-0.3, -0.25) is 14.4 Å². The van der Waals surface area contributed by atoms with Crippen LogP contribution in [0.15, 0.2) is 53.6 Å². The Bertz CT molecular complexity index is 943. The Hall–Kier alpha value is -3.88. The van der Waals surface area contributed by atoms with Crippen molar-refractivity contribution in [2.45, 2.75) is 13.3 Å². The first-order valence-corrected chi connectivity index (χ1v) is 8.90. The fourth-order valence-corrected chi connectivity index (χ4v) is 2.50. The fraction of sp³-hybridized carbons (Fsp3) is 0.200. The topological polar surface area (TPSA) is 118 Å². The summed E-state index contributed by atoms with van der Waals surface area (Å²) in [5.74, 6) is -0.917. The zero-order valence-corrected chi connectivity index (χ0v) is 15.7. The molecule has 0 radical (unpaired) electrons. The van der Waals surface area contributed by atoms with Gasteiger partial charge in [0.25, 0.3) is 0 Å². The molecule has 0 saturated carbocycles. The Balaban J connectivity index is 1.48. The third-order valence-electron chi connectivity index (χ3n) is 3.83. The quantitative estimate of drug-likeness (QED) is 0.405. The zero-order valence-electron chi connectivity index (χ0n) is 15.7. The van der Waals surface area contributed by atoms with E-state index >= 15 is 0 Å². The highest BCUT2D eigenvalue weighted by molar-refractivity contribution is 6.39. The van der Waals surface area contributed by atoms with Crippen LogP contribution >= 0.6 is 0 Å². The van der Waals surface area contributed by atoms with Crippen LogP contribution in [-0.4, -0.2) is 36.6 Å². The normalized spacial score (nSPS) is 12.7. The molecule has 1 aliphatic rings. The van der Waals surface area contributed by atoms with Crippen molar-refractivity contribution < 1.29 is 23.9 Å². The van der Waals surface area contributed by atoms with Gasteiger partial charge in [0.15, 0.2) is 11.5 Å². The largest absolute Gasteiger partial charge is 0.486 e. The molecule has 3 amide bonds. The van der Waals surface area contributed by atoms with Crippen LogP contribution in [0.2, 0.25) is 0 Å². The van der Waals surface area contributed by atoms with Gasteiger partial charge in [-0.15, -0.1) is 0 Å². The van der Waals surface area contributed by atoms with Gasteiger partial charge < -0.3 is 20.1 Å². The number of fused-ring (bicyclic) bond motifs is 1. The van der Waals surface area contributed by atoms with Crippen LogP contribution in [0.25, 0.3) is 0 Å². The maximum Gasteiger partial charge on any atom is 0.329 e. The molecule has 0 fully saturated rings. The predicted molar refractivity (Wildman–Crippen MR) is 107 cm³/mol. The number of benzene rings is 2. The number of nitrogens with zero attached hydrogens (tertiary/aromatic N) is 1. The summed E-state index contributed by atoms with van der Waals surface area (Å²) in [5.41, 5.74) is 3.51. The first-order valence-electron chi connectivity index (χ1n) is 8.90. The van der Waals surface area contributed by atoms with Gasteiger partial charge in [0, 0.05) is 23.2 Å². The molecule has 3 rings (SSSR count). The van der Waals surface area contributed by atoms with Crippen molar-refractivity contribution in [2.24, 2.45) is 5.10 Å². The Morgan fingerprint density at radius 1 is 0.897 bits per heavy atom. The number of anilines is 2. The lowest BCUT2D eigenvalue weighted by molar-refractivity contribution is -0.136. The molecule has 2 aromatic rings. The predicted octanol–water partition coefficient (Wildman–Crippen LogP) is 1.92. The Morgan fingerprint density at radius 2 is 1.62 bits per heavy atom. The minimum atomic E-state index is -0.930. The Labute approximate surface area is 167 Å². The summed E-state index contributed by atoms with van der Waals surface area (Å²) in [6.45, 7) is 2.51. The van der Waals surface area contributed by atoms with Crippen LogP contribution in [0.4, 0.5) is 11.4 Å². The van der Waals surface area contributed by atoms with Gasteiger partial charge in [0.2, 0.25) is 5.91 Å². The van der Waals surface area contributed by atoms with Crippen LogP contribution in [0.5, 0.6) is 11.5 Å². The molecule has 0 aliphatic carbocycles. The van der Waals surface area contributed by atoms with Crippen LogP contribution in [0.1, 0.15) is 13.3 Å². The van der Waals surface area contributed by atoms with Crippen LogP contribution in [0.3, 0.4) is 0 Å². The second-order valence-electron chi connectivity index (χ2n) is 6.19. The van der Waals surface area contributed by atoms with E-state index in [0.717, 1.165) is 0 Å². The second kappa shape index (κ2) is 9.36. The molecular weight excluding hydrogens is 376 g/mol. The van der Waals surface area contributed by atoms with E-state index in [9.17, 15) is 14.4 Å². The van der Waals surface area contributed by atoms with E-state index in [1.807, 2.05) is 0 Å². The lowest BCUT2D eigenvalue weighted by atomic mass is 10.2. The summed E-state index contributed by atoms with van der Waals surface area (Å²) in [6, 6.07) is 13.7. The number of hydrogen-bond acceptors (Lipinski definition) is 6. The minimum Gasteiger partial charge on any atom is -0.486 e. The van der Waals surface area contributed by atoms with E-state index in [1.165, 1.54) is 0 Å². The SMILES string of the molecule is CC(CC(=O)Nc1ccc2c(c1)OCCO2)=NNC(=O)C(=O)Nc1ccccc1. The highest BCUT2D eigenvalue weighted by Crippen LogP contribution is 2.32. The lowest BCUT2D eigenvalue weighted by Crippen LogP contribution is -2.33. The number of hydrogen-bond donors (Lipinski definition) is 3. The minimum absolute atomic E-state index is 0.0605. The van der Waals surface area contributed by atoms with Gasteiger partial charge in [0.1, 0.15) is 13.2 Å². The average Bonchev–Trinajstić information content (AvgIpc) is 2.72. The molecule has 2 aromatic carbocycles. The van der Waals surface area contributed by atoms with Crippen molar-refractivity contribution in [3.05, 3.63) is 48.5 Å². The molecular formula is C20H20N4O5. The van der Waals surface area contributed by atoms with Crippen molar-refractivity contribution in [3.63, 3.8) is 0 Å². The number of carbonyl (C=O) groups is 3. The van der Waals surface area contributed by atoms with Crippen LogP contribution in [0, 0.1) is 0 Å². The molecule has 150 valence electrons. The van der Waals surface area contributed by atoms with Gasteiger partial charge in [-0.1, -0.05) is 18.2 Å². The average molecular weight is 396 g/mol. The molecule has 1 aliphatic heterocycles. The van der Waals surface area contributed by atoms with E-state index in [1.54, 1.807) is 55.5 Å². The second-order valence-corrected chi connectivity index (χ2v) is 6.19. The van der Waals surface area contributed by atoms with Crippen molar-refractivity contribution in [3.8, 4) is 11.5 Å². The highest BCUT2D eigenvalue weighted by Gasteiger charge is 2.15. The number of ether oxygens (including phenoxy) is 2. The number of carbonyl (C=O) groups excluding carboxylic acids is 3. The summed E-state index contributed by atoms with van der Waals surface area (Å²) in [5, 5.41) is 8.95.